The van der Waals surface area contributed by atoms with Crippen molar-refractivity contribution >= 4 is 22.3 Å². The van der Waals surface area contributed by atoms with E-state index < -0.39 is 0 Å². The van der Waals surface area contributed by atoms with Crippen LogP contribution in [-0.4, -0.2) is 26.4 Å². The van der Waals surface area contributed by atoms with Gasteiger partial charge in [0, 0.05) is 36.1 Å². The van der Waals surface area contributed by atoms with Gasteiger partial charge in [0.15, 0.2) is 10.9 Å². The first kappa shape index (κ1) is 16.1. The molecule has 0 bridgehead atoms. The Bertz CT molecular complexity index is 821. The van der Waals surface area contributed by atoms with E-state index in [2.05, 4.69) is 25.2 Å². The first-order valence-electron chi connectivity index (χ1n) is 8.25. The summed E-state index contributed by atoms with van der Waals surface area (Å²) in [4.78, 5) is 16.3. The highest BCUT2D eigenvalue weighted by molar-refractivity contribution is 7.15. The van der Waals surface area contributed by atoms with Crippen molar-refractivity contribution in [1.82, 2.24) is 19.9 Å². The lowest BCUT2D eigenvalue weighted by atomic mass is 10.0. The molecule has 0 spiro atoms. The summed E-state index contributed by atoms with van der Waals surface area (Å²) in [5.74, 6) is 0.504. The van der Waals surface area contributed by atoms with Gasteiger partial charge in [-0.2, -0.15) is 0 Å². The van der Waals surface area contributed by atoms with Gasteiger partial charge >= 0.3 is 0 Å². The fourth-order valence-electron chi connectivity index (χ4n) is 3.19. The standard InChI is InChI=1S/C18H18FN5S/c19-14-5-3-13(4-6-14)16-2-1-9-24(16)12-15-10-22-18(25-15)23-17-11-20-7-8-21-17/h3-8,10-11,16H,1-2,9,12H2,(H,21,22,23). The number of hydrogen-bond donors (Lipinski definition) is 1. The summed E-state index contributed by atoms with van der Waals surface area (Å²) in [5, 5.41) is 3.98. The van der Waals surface area contributed by atoms with Crippen molar-refractivity contribution in [2.75, 3.05) is 11.9 Å². The molecule has 1 saturated heterocycles. The zero-order valence-electron chi connectivity index (χ0n) is 13.6. The maximum atomic E-state index is 13.2. The Labute approximate surface area is 149 Å². The monoisotopic (exact) mass is 355 g/mol. The van der Waals surface area contributed by atoms with Crippen molar-refractivity contribution in [3.05, 3.63) is 65.3 Å². The summed E-state index contributed by atoms with van der Waals surface area (Å²) in [5.41, 5.74) is 1.18. The first-order chi connectivity index (χ1) is 12.3. The van der Waals surface area contributed by atoms with Gasteiger partial charge in [0.05, 0.1) is 6.20 Å². The number of anilines is 2. The molecule has 1 unspecified atom stereocenters. The molecule has 3 aromatic rings. The number of halogens is 1. The second kappa shape index (κ2) is 7.25. The number of aromatic nitrogens is 3. The SMILES string of the molecule is Fc1ccc(C2CCCN2Cc2cnc(Nc3cnccn3)s2)cc1. The lowest BCUT2D eigenvalue weighted by molar-refractivity contribution is 0.250. The summed E-state index contributed by atoms with van der Waals surface area (Å²) >= 11 is 1.62. The molecule has 3 heterocycles. The quantitative estimate of drug-likeness (QED) is 0.745. The number of rotatable bonds is 5. The van der Waals surface area contributed by atoms with E-state index in [1.807, 2.05) is 18.3 Å². The van der Waals surface area contributed by atoms with Crippen LogP contribution < -0.4 is 5.32 Å². The van der Waals surface area contributed by atoms with Crippen molar-refractivity contribution in [3.63, 3.8) is 0 Å². The lowest BCUT2D eigenvalue weighted by Gasteiger charge is -2.24. The van der Waals surface area contributed by atoms with Crippen LogP contribution in [0, 0.1) is 5.82 Å². The van der Waals surface area contributed by atoms with E-state index in [-0.39, 0.29) is 5.82 Å². The molecule has 0 radical (unpaired) electrons. The normalized spacial score (nSPS) is 17.7. The number of nitrogens with zero attached hydrogens (tertiary/aromatic N) is 4. The van der Waals surface area contributed by atoms with E-state index in [9.17, 15) is 4.39 Å². The van der Waals surface area contributed by atoms with Gasteiger partial charge in [-0.25, -0.2) is 14.4 Å². The Hall–Kier alpha value is -2.38. The summed E-state index contributed by atoms with van der Waals surface area (Å²) in [7, 11) is 0. The van der Waals surface area contributed by atoms with Crippen LogP contribution in [0.1, 0.15) is 29.3 Å². The third-order valence-electron chi connectivity index (χ3n) is 4.33. The molecule has 0 saturated carbocycles. The molecule has 25 heavy (non-hydrogen) atoms. The van der Waals surface area contributed by atoms with Crippen molar-refractivity contribution in [2.45, 2.75) is 25.4 Å². The van der Waals surface area contributed by atoms with Crippen LogP contribution in [-0.2, 0) is 6.54 Å². The Kier molecular flexibility index (Phi) is 4.67. The Morgan fingerprint density at radius 3 is 2.84 bits per heavy atom. The molecule has 2 aromatic heterocycles. The Morgan fingerprint density at radius 1 is 1.16 bits per heavy atom. The van der Waals surface area contributed by atoms with Crippen LogP contribution >= 0.6 is 11.3 Å². The fourth-order valence-corrected chi connectivity index (χ4v) is 4.03. The molecule has 1 atom stereocenters. The molecule has 128 valence electrons. The lowest BCUT2D eigenvalue weighted by Crippen LogP contribution is -2.22. The predicted molar refractivity (Wildman–Crippen MR) is 96.2 cm³/mol. The minimum atomic E-state index is -0.185. The summed E-state index contributed by atoms with van der Waals surface area (Å²) in [6.45, 7) is 1.90. The minimum Gasteiger partial charge on any atom is -0.315 e. The molecular formula is C18H18FN5S. The summed E-state index contributed by atoms with van der Waals surface area (Å²) in [6.07, 6.45) is 9.13. The summed E-state index contributed by atoms with van der Waals surface area (Å²) in [6, 6.07) is 7.22. The topological polar surface area (TPSA) is 53.9 Å². The second-order valence-corrected chi connectivity index (χ2v) is 7.14. The molecule has 1 fully saturated rings. The maximum absolute atomic E-state index is 13.2. The molecule has 1 aliphatic rings. The largest absolute Gasteiger partial charge is 0.315 e. The fraction of sp³-hybridized carbons (Fsp3) is 0.278. The number of benzene rings is 1. The van der Waals surface area contributed by atoms with Crippen LogP contribution in [0.4, 0.5) is 15.3 Å². The van der Waals surface area contributed by atoms with Crippen molar-refractivity contribution in [1.29, 1.82) is 0 Å². The molecule has 1 aliphatic heterocycles. The smallest absolute Gasteiger partial charge is 0.188 e. The number of thiazole rings is 1. The van der Waals surface area contributed by atoms with E-state index in [1.165, 1.54) is 10.4 Å². The van der Waals surface area contributed by atoms with E-state index in [1.54, 1.807) is 42.1 Å². The molecular weight excluding hydrogens is 337 g/mol. The molecule has 0 amide bonds. The van der Waals surface area contributed by atoms with Crippen LogP contribution in [0.5, 0.6) is 0 Å². The highest BCUT2D eigenvalue weighted by atomic mass is 32.1. The highest BCUT2D eigenvalue weighted by Crippen LogP contribution is 2.34. The van der Waals surface area contributed by atoms with E-state index in [4.69, 9.17) is 0 Å². The Morgan fingerprint density at radius 2 is 2.04 bits per heavy atom. The van der Waals surface area contributed by atoms with Crippen molar-refractivity contribution in [2.24, 2.45) is 0 Å². The van der Waals surface area contributed by atoms with Gasteiger partial charge in [0.2, 0.25) is 0 Å². The predicted octanol–water partition coefficient (Wildman–Crippen LogP) is 4.15. The summed E-state index contributed by atoms with van der Waals surface area (Å²) < 4.78 is 13.2. The molecule has 1 N–H and O–H groups in total. The molecule has 1 aromatic carbocycles. The van der Waals surface area contributed by atoms with Gasteiger partial charge in [-0.15, -0.1) is 11.3 Å². The highest BCUT2D eigenvalue weighted by Gasteiger charge is 2.26. The third kappa shape index (κ3) is 3.83. The zero-order valence-corrected chi connectivity index (χ0v) is 14.4. The maximum Gasteiger partial charge on any atom is 0.188 e. The number of nitrogens with one attached hydrogen (secondary N) is 1. The first-order valence-corrected chi connectivity index (χ1v) is 9.07. The van der Waals surface area contributed by atoms with E-state index in [0.717, 1.165) is 31.1 Å². The van der Waals surface area contributed by atoms with Gasteiger partial charge in [0.1, 0.15) is 5.82 Å². The average molecular weight is 355 g/mol. The van der Waals surface area contributed by atoms with Crippen LogP contribution in [0.25, 0.3) is 0 Å². The van der Waals surface area contributed by atoms with Gasteiger partial charge in [-0.05, 0) is 37.1 Å². The average Bonchev–Trinajstić information content (AvgIpc) is 3.27. The zero-order chi connectivity index (χ0) is 17.1. The van der Waals surface area contributed by atoms with E-state index >= 15 is 0 Å². The molecule has 0 aliphatic carbocycles. The van der Waals surface area contributed by atoms with Gasteiger partial charge in [0.25, 0.3) is 0 Å². The van der Waals surface area contributed by atoms with Crippen molar-refractivity contribution in [3.8, 4) is 0 Å². The van der Waals surface area contributed by atoms with Gasteiger partial charge in [-0.3, -0.25) is 9.88 Å². The number of likely N-dealkylation sites (tertiary alicyclic amines) is 1. The van der Waals surface area contributed by atoms with Gasteiger partial charge < -0.3 is 5.32 Å². The van der Waals surface area contributed by atoms with E-state index in [0.29, 0.717) is 11.9 Å². The molecule has 4 rings (SSSR count). The minimum absolute atomic E-state index is 0.185. The molecule has 5 nitrogen and oxygen atoms in total. The molecule has 7 heteroatoms. The third-order valence-corrected chi connectivity index (χ3v) is 5.23. The number of hydrogen-bond acceptors (Lipinski definition) is 6. The van der Waals surface area contributed by atoms with Gasteiger partial charge in [-0.1, -0.05) is 12.1 Å². The Balaban J connectivity index is 1.44. The van der Waals surface area contributed by atoms with Crippen LogP contribution in [0.3, 0.4) is 0 Å². The van der Waals surface area contributed by atoms with Crippen LogP contribution in [0.15, 0.2) is 49.1 Å². The van der Waals surface area contributed by atoms with Crippen molar-refractivity contribution < 1.29 is 4.39 Å². The second-order valence-electron chi connectivity index (χ2n) is 6.03. The van der Waals surface area contributed by atoms with Crippen LogP contribution in [0.2, 0.25) is 0 Å².